The number of aromatic carboxylic acids is 1. The van der Waals surface area contributed by atoms with Crippen molar-refractivity contribution in [1.82, 2.24) is 9.55 Å². The number of fused-ring (bicyclic) bond motifs is 1. The Balaban J connectivity index is 0.00000225. The number of hydrogen-bond acceptors (Lipinski definition) is 3. The number of hydrogen-bond donors (Lipinski definition) is 1. The number of halogens is 1. The molecule has 1 N–H and O–H groups in total. The number of rotatable bonds is 5. The zero-order valence-corrected chi connectivity index (χ0v) is 15.6. The molecular formula is C22H17ClN2O3. The van der Waals surface area contributed by atoms with Crippen molar-refractivity contribution >= 4 is 35.1 Å². The Morgan fingerprint density at radius 1 is 0.929 bits per heavy atom. The number of pyridine rings is 1. The monoisotopic (exact) mass is 392 g/mol. The Morgan fingerprint density at radius 3 is 2.39 bits per heavy atom. The SMILES string of the molecule is Cl.O=C(O)c1ccc(C(=O)c2ccn(Cc3cnc4ccccc4c3)c2)cc1. The summed E-state index contributed by atoms with van der Waals surface area (Å²) in [7, 11) is 0. The van der Waals surface area contributed by atoms with Crippen LogP contribution in [0.15, 0.2) is 79.3 Å². The fraction of sp³-hybridized carbons (Fsp3) is 0.0455. The summed E-state index contributed by atoms with van der Waals surface area (Å²) in [5.41, 5.74) is 3.19. The summed E-state index contributed by atoms with van der Waals surface area (Å²) in [6.45, 7) is 0.614. The average molecular weight is 393 g/mol. The van der Waals surface area contributed by atoms with Gasteiger partial charge in [0.05, 0.1) is 11.1 Å². The predicted molar refractivity (Wildman–Crippen MR) is 109 cm³/mol. The fourth-order valence-corrected chi connectivity index (χ4v) is 3.02. The molecular weight excluding hydrogens is 376 g/mol. The summed E-state index contributed by atoms with van der Waals surface area (Å²) in [6.07, 6.45) is 5.49. The molecule has 5 nitrogen and oxygen atoms in total. The van der Waals surface area contributed by atoms with E-state index in [1.54, 1.807) is 12.3 Å². The number of benzene rings is 2. The van der Waals surface area contributed by atoms with E-state index in [0.717, 1.165) is 16.5 Å². The smallest absolute Gasteiger partial charge is 0.335 e. The van der Waals surface area contributed by atoms with Crippen molar-refractivity contribution in [1.29, 1.82) is 0 Å². The number of ketones is 1. The molecule has 0 radical (unpaired) electrons. The maximum absolute atomic E-state index is 12.6. The zero-order valence-electron chi connectivity index (χ0n) is 14.8. The number of carboxylic acids is 1. The maximum Gasteiger partial charge on any atom is 0.335 e. The van der Waals surface area contributed by atoms with Gasteiger partial charge in [0, 0.05) is 41.6 Å². The molecule has 2 heterocycles. The lowest BCUT2D eigenvalue weighted by molar-refractivity contribution is 0.0696. The molecule has 28 heavy (non-hydrogen) atoms. The van der Waals surface area contributed by atoms with Crippen molar-refractivity contribution in [3.8, 4) is 0 Å². The third-order valence-corrected chi connectivity index (χ3v) is 4.42. The number of nitrogens with zero attached hydrogens (tertiary/aromatic N) is 2. The molecule has 0 saturated carbocycles. The van der Waals surface area contributed by atoms with Gasteiger partial charge >= 0.3 is 5.97 Å². The Labute approximate surface area is 167 Å². The van der Waals surface area contributed by atoms with Gasteiger partial charge in [0.15, 0.2) is 5.78 Å². The minimum atomic E-state index is -1.01. The van der Waals surface area contributed by atoms with Crippen molar-refractivity contribution in [3.05, 3.63) is 102 Å². The third-order valence-electron chi connectivity index (χ3n) is 4.42. The highest BCUT2D eigenvalue weighted by molar-refractivity contribution is 6.09. The van der Waals surface area contributed by atoms with Crippen LogP contribution in [0.4, 0.5) is 0 Å². The van der Waals surface area contributed by atoms with Gasteiger partial charge < -0.3 is 9.67 Å². The van der Waals surface area contributed by atoms with Crippen LogP contribution in [0.25, 0.3) is 10.9 Å². The first kappa shape index (κ1) is 19.3. The van der Waals surface area contributed by atoms with Crippen LogP contribution in [0.5, 0.6) is 0 Å². The van der Waals surface area contributed by atoms with Crippen LogP contribution in [0.1, 0.15) is 31.8 Å². The molecule has 2 aromatic heterocycles. The van der Waals surface area contributed by atoms with E-state index in [-0.39, 0.29) is 23.8 Å². The van der Waals surface area contributed by atoms with Crippen LogP contribution >= 0.6 is 12.4 Å². The summed E-state index contributed by atoms with van der Waals surface area (Å²) >= 11 is 0. The summed E-state index contributed by atoms with van der Waals surface area (Å²) in [4.78, 5) is 28.0. The Morgan fingerprint density at radius 2 is 1.64 bits per heavy atom. The second-order valence-corrected chi connectivity index (χ2v) is 6.32. The first-order valence-electron chi connectivity index (χ1n) is 8.48. The Hall–Kier alpha value is -3.44. The lowest BCUT2D eigenvalue weighted by atomic mass is 10.0. The lowest BCUT2D eigenvalue weighted by Crippen LogP contribution is -2.03. The van der Waals surface area contributed by atoms with Crippen molar-refractivity contribution in [2.24, 2.45) is 0 Å². The second-order valence-electron chi connectivity index (χ2n) is 6.32. The lowest BCUT2D eigenvalue weighted by Gasteiger charge is -2.05. The van der Waals surface area contributed by atoms with Gasteiger partial charge in [0.2, 0.25) is 0 Å². The van der Waals surface area contributed by atoms with Gasteiger partial charge in [-0.1, -0.05) is 30.3 Å². The highest BCUT2D eigenvalue weighted by atomic mass is 35.5. The molecule has 0 aliphatic rings. The topological polar surface area (TPSA) is 72.2 Å². The van der Waals surface area contributed by atoms with Gasteiger partial charge in [-0.3, -0.25) is 9.78 Å². The van der Waals surface area contributed by atoms with Crippen LogP contribution in [0.2, 0.25) is 0 Å². The van der Waals surface area contributed by atoms with Gasteiger partial charge in [0.25, 0.3) is 0 Å². The quantitative estimate of drug-likeness (QED) is 0.510. The third kappa shape index (κ3) is 3.94. The second kappa shape index (κ2) is 8.06. The normalized spacial score (nSPS) is 10.4. The summed E-state index contributed by atoms with van der Waals surface area (Å²) in [6, 6.07) is 17.7. The zero-order chi connectivity index (χ0) is 18.8. The van der Waals surface area contributed by atoms with E-state index in [4.69, 9.17) is 5.11 Å². The number of aromatic nitrogens is 2. The Kier molecular flexibility index (Phi) is 5.57. The van der Waals surface area contributed by atoms with Crippen molar-refractivity contribution < 1.29 is 14.7 Å². The first-order valence-corrected chi connectivity index (χ1v) is 8.48. The van der Waals surface area contributed by atoms with Crippen LogP contribution in [0, 0.1) is 0 Å². The molecule has 2 aromatic carbocycles. The summed E-state index contributed by atoms with van der Waals surface area (Å²) < 4.78 is 1.94. The average Bonchev–Trinajstić information content (AvgIpc) is 3.16. The van der Waals surface area contributed by atoms with E-state index in [2.05, 4.69) is 11.1 Å². The molecule has 0 aliphatic heterocycles. The number of para-hydroxylation sites is 1. The number of carbonyl (C=O) groups is 2. The van der Waals surface area contributed by atoms with E-state index in [1.165, 1.54) is 24.3 Å². The van der Waals surface area contributed by atoms with Gasteiger partial charge in [-0.25, -0.2) is 4.79 Å². The van der Waals surface area contributed by atoms with E-state index < -0.39 is 5.97 Å². The van der Waals surface area contributed by atoms with E-state index in [0.29, 0.717) is 17.7 Å². The standard InChI is InChI=1S/C22H16N2O3.ClH/c25-21(16-5-7-17(8-6-16)22(26)27)19-9-10-24(14-19)13-15-11-18-3-1-2-4-20(18)23-12-15;/h1-12,14H,13H2,(H,26,27);1H. The highest BCUT2D eigenvalue weighted by Gasteiger charge is 2.12. The largest absolute Gasteiger partial charge is 0.478 e. The molecule has 0 atom stereocenters. The molecule has 0 amide bonds. The Bertz CT molecular complexity index is 1150. The van der Waals surface area contributed by atoms with E-state index in [1.807, 2.05) is 41.2 Å². The summed E-state index contributed by atoms with van der Waals surface area (Å²) in [5, 5.41) is 10.0. The molecule has 0 bridgehead atoms. The van der Waals surface area contributed by atoms with E-state index >= 15 is 0 Å². The molecule has 4 aromatic rings. The first-order chi connectivity index (χ1) is 13.1. The van der Waals surface area contributed by atoms with Gasteiger partial charge in [0.1, 0.15) is 0 Å². The minimum absolute atomic E-state index is 0. The van der Waals surface area contributed by atoms with Crippen molar-refractivity contribution in [2.75, 3.05) is 0 Å². The fourth-order valence-electron chi connectivity index (χ4n) is 3.02. The van der Waals surface area contributed by atoms with Crippen LogP contribution in [-0.2, 0) is 6.54 Å². The van der Waals surface area contributed by atoms with Crippen molar-refractivity contribution in [2.45, 2.75) is 6.54 Å². The predicted octanol–water partition coefficient (Wildman–Crippen LogP) is 4.44. The van der Waals surface area contributed by atoms with Crippen molar-refractivity contribution in [3.63, 3.8) is 0 Å². The van der Waals surface area contributed by atoms with Crippen LogP contribution < -0.4 is 0 Å². The summed E-state index contributed by atoms with van der Waals surface area (Å²) in [5.74, 6) is -1.15. The molecule has 0 aliphatic carbocycles. The van der Waals surface area contributed by atoms with Gasteiger partial charge in [-0.2, -0.15) is 0 Å². The molecule has 0 saturated heterocycles. The molecule has 140 valence electrons. The molecule has 0 spiro atoms. The van der Waals surface area contributed by atoms with Gasteiger partial charge in [-0.15, -0.1) is 12.4 Å². The van der Waals surface area contributed by atoms with E-state index in [9.17, 15) is 9.59 Å². The van der Waals surface area contributed by atoms with Gasteiger partial charge in [-0.05, 0) is 35.9 Å². The number of carbonyl (C=O) groups excluding carboxylic acids is 1. The number of carboxylic acid groups (broad SMARTS) is 1. The van der Waals surface area contributed by atoms with Crippen LogP contribution in [-0.4, -0.2) is 26.4 Å². The molecule has 0 fully saturated rings. The molecule has 6 heteroatoms. The minimum Gasteiger partial charge on any atom is -0.478 e. The highest BCUT2D eigenvalue weighted by Crippen LogP contribution is 2.16. The molecule has 4 rings (SSSR count). The van der Waals surface area contributed by atoms with Crippen LogP contribution in [0.3, 0.4) is 0 Å². The molecule has 0 unspecified atom stereocenters. The maximum atomic E-state index is 12.6.